The van der Waals surface area contributed by atoms with Crippen LogP contribution in [0.3, 0.4) is 0 Å². The lowest BCUT2D eigenvalue weighted by molar-refractivity contribution is 0.0589. The van der Waals surface area contributed by atoms with Gasteiger partial charge in [-0.3, -0.25) is 18.8 Å². The zero-order valence-corrected chi connectivity index (χ0v) is 24.0. The van der Waals surface area contributed by atoms with Crippen LogP contribution in [0, 0.1) is 6.92 Å². The van der Waals surface area contributed by atoms with Crippen LogP contribution in [0.25, 0.3) is 5.65 Å². The van der Waals surface area contributed by atoms with Crippen LogP contribution in [-0.2, 0) is 6.61 Å². The van der Waals surface area contributed by atoms with Crippen molar-refractivity contribution in [2.24, 2.45) is 0 Å². The van der Waals surface area contributed by atoms with Crippen LogP contribution >= 0.6 is 0 Å². The molecule has 0 radical (unpaired) electrons. The molecule has 216 valence electrons. The summed E-state index contributed by atoms with van der Waals surface area (Å²) in [6.07, 6.45) is 7.65. The van der Waals surface area contributed by atoms with Crippen molar-refractivity contribution in [2.45, 2.75) is 51.7 Å². The molecule has 2 saturated heterocycles. The first-order valence-corrected chi connectivity index (χ1v) is 14.9. The van der Waals surface area contributed by atoms with Crippen molar-refractivity contribution in [3.63, 3.8) is 0 Å². The summed E-state index contributed by atoms with van der Waals surface area (Å²) in [5, 5.41) is 0. The number of ether oxygens (including phenoxy) is 1. The van der Waals surface area contributed by atoms with Crippen LogP contribution in [0.15, 0.2) is 77.7 Å². The molecule has 2 aliphatic rings. The molecule has 0 saturated carbocycles. The number of hydrogen-bond acceptors (Lipinski definition) is 6. The number of likely N-dealkylation sites (tertiary alicyclic amines) is 2. The van der Waals surface area contributed by atoms with Crippen molar-refractivity contribution in [1.29, 1.82) is 0 Å². The Labute approximate surface area is 245 Å². The number of rotatable bonds is 7. The summed E-state index contributed by atoms with van der Waals surface area (Å²) in [5.74, 6) is 0.227. The first-order valence-electron chi connectivity index (χ1n) is 14.9. The minimum atomic E-state index is -0.165. The lowest BCUT2D eigenvalue weighted by atomic mass is 9.98. The maximum Gasteiger partial charge on any atom is 0.264 e. The number of pyridine rings is 1. The number of carbonyl (C=O) groups excluding carboxylic acids is 2. The molecule has 4 aromatic rings. The van der Waals surface area contributed by atoms with Crippen LogP contribution in [0.5, 0.6) is 5.88 Å². The number of ketones is 1. The fourth-order valence-corrected chi connectivity index (χ4v) is 6.03. The first kappa shape index (κ1) is 27.8. The lowest BCUT2D eigenvalue weighted by Gasteiger charge is -2.40. The molecule has 8 heteroatoms. The van der Waals surface area contributed by atoms with Gasteiger partial charge in [0.15, 0.2) is 5.78 Å². The van der Waals surface area contributed by atoms with Crippen LogP contribution in [0.2, 0.25) is 0 Å². The molecule has 0 aliphatic carbocycles. The van der Waals surface area contributed by atoms with E-state index in [0.29, 0.717) is 39.8 Å². The van der Waals surface area contributed by atoms with Gasteiger partial charge in [0, 0.05) is 42.0 Å². The van der Waals surface area contributed by atoms with E-state index in [-0.39, 0.29) is 23.9 Å². The van der Waals surface area contributed by atoms with E-state index in [1.807, 2.05) is 23.1 Å². The Kier molecular flexibility index (Phi) is 8.15. The van der Waals surface area contributed by atoms with Crippen LogP contribution in [-0.4, -0.2) is 63.1 Å². The van der Waals surface area contributed by atoms with Gasteiger partial charge in [-0.15, -0.1) is 0 Å². The normalized spacial score (nSPS) is 16.5. The highest BCUT2D eigenvalue weighted by Crippen LogP contribution is 2.23. The van der Waals surface area contributed by atoms with Crippen LogP contribution in [0.1, 0.15) is 69.5 Å². The minimum Gasteiger partial charge on any atom is -0.472 e. The van der Waals surface area contributed by atoms with Gasteiger partial charge in [-0.25, -0.2) is 0 Å². The van der Waals surface area contributed by atoms with Gasteiger partial charge < -0.3 is 14.5 Å². The molecule has 42 heavy (non-hydrogen) atoms. The van der Waals surface area contributed by atoms with E-state index in [2.05, 4.69) is 9.88 Å². The lowest BCUT2D eigenvalue weighted by Crippen LogP contribution is -2.48. The SMILES string of the molecule is Cc1c(OCc2ccc(C(=O)c3ccc(C(=O)N4CCC(N5CCCCC5)CC4)cc3)cc2)nc2ccccn2c1=O. The molecule has 6 rings (SSSR count). The molecule has 2 aliphatic heterocycles. The van der Waals surface area contributed by atoms with E-state index >= 15 is 0 Å². The Morgan fingerprint density at radius 1 is 0.833 bits per heavy atom. The largest absolute Gasteiger partial charge is 0.472 e. The van der Waals surface area contributed by atoms with Crippen molar-refractivity contribution < 1.29 is 14.3 Å². The summed E-state index contributed by atoms with van der Waals surface area (Å²) >= 11 is 0. The van der Waals surface area contributed by atoms with Gasteiger partial charge >= 0.3 is 0 Å². The smallest absolute Gasteiger partial charge is 0.264 e. The third-order valence-corrected chi connectivity index (χ3v) is 8.56. The zero-order valence-electron chi connectivity index (χ0n) is 24.0. The number of carbonyl (C=O) groups is 2. The fraction of sp³-hybridized carbons (Fsp3) is 0.353. The van der Waals surface area contributed by atoms with Crippen molar-refractivity contribution in [3.8, 4) is 5.88 Å². The first-order chi connectivity index (χ1) is 20.5. The van der Waals surface area contributed by atoms with Gasteiger partial charge in [0.05, 0.1) is 5.56 Å². The number of nitrogens with zero attached hydrogens (tertiary/aromatic N) is 4. The average Bonchev–Trinajstić information content (AvgIpc) is 3.06. The van der Waals surface area contributed by atoms with E-state index < -0.39 is 0 Å². The van der Waals surface area contributed by atoms with Crippen molar-refractivity contribution >= 4 is 17.3 Å². The molecule has 1 amide bonds. The predicted molar refractivity (Wildman–Crippen MR) is 161 cm³/mol. The summed E-state index contributed by atoms with van der Waals surface area (Å²) in [6, 6.07) is 20.2. The fourth-order valence-electron chi connectivity index (χ4n) is 6.03. The molecule has 2 aromatic carbocycles. The molecule has 8 nitrogen and oxygen atoms in total. The Morgan fingerprint density at radius 2 is 1.48 bits per heavy atom. The number of aromatic nitrogens is 2. The quantitative estimate of drug-likeness (QED) is 0.297. The van der Waals surface area contributed by atoms with Gasteiger partial charge in [-0.2, -0.15) is 4.98 Å². The highest BCUT2D eigenvalue weighted by Gasteiger charge is 2.28. The molecule has 0 spiro atoms. The minimum absolute atomic E-state index is 0.0364. The van der Waals surface area contributed by atoms with Gasteiger partial charge in [0.1, 0.15) is 12.3 Å². The molecule has 0 N–H and O–H groups in total. The van der Waals surface area contributed by atoms with E-state index in [1.54, 1.807) is 61.7 Å². The molecule has 0 unspecified atom stereocenters. The maximum absolute atomic E-state index is 13.1. The third kappa shape index (κ3) is 5.85. The van der Waals surface area contributed by atoms with Gasteiger partial charge in [0.2, 0.25) is 5.88 Å². The second-order valence-corrected chi connectivity index (χ2v) is 11.3. The molecule has 4 heterocycles. The van der Waals surface area contributed by atoms with E-state index in [1.165, 1.54) is 36.8 Å². The summed E-state index contributed by atoms with van der Waals surface area (Å²) in [6.45, 7) is 5.86. The number of hydrogen-bond donors (Lipinski definition) is 0. The standard InChI is InChI=1S/C34H36N4O4/c1-24-32(35-30-7-3-6-20-38(30)33(24)40)42-23-25-8-10-26(11-9-25)31(39)27-12-14-28(15-13-27)34(41)37-21-16-29(17-22-37)36-18-4-2-5-19-36/h3,6-15,20,29H,2,4-5,16-19,21-23H2,1H3. The Hall–Kier alpha value is -4.30. The number of benzene rings is 2. The van der Waals surface area contributed by atoms with E-state index in [0.717, 1.165) is 31.5 Å². The topological polar surface area (TPSA) is 84.2 Å². The maximum atomic E-state index is 13.1. The Balaban J connectivity index is 1.04. The summed E-state index contributed by atoms with van der Waals surface area (Å²) in [4.78, 5) is 47.9. The third-order valence-electron chi connectivity index (χ3n) is 8.56. The van der Waals surface area contributed by atoms with Crippen molar-refractivity contribution in [2.75, 3.05) is 26.2 Å². The number of fused-ring (bicyclic) bond motifs is 1. The van der Waals surface area contributed by atoms with Gasteiger partial charge in [0.25, 0.3) is 11.5 Å². The highest BCUT2D eigenvalue weighted by atomic mass is 16.5. The Morgan fingerprint density at radius 3 is 2.17 bits per heavy atom. The van der Waals surface area contributed by atoms with Crippen LogP contribution in [0.4, 0.5) is 0 Å². The highest BCUT2D eigenvalue weighted by molar-refractivity contribution is 6.09. The molecule has 0 bridgehead atoms. The Bertz CT molecular complexity index is 1630. The second-order valence-electron chi connectivity index (χ2n) is 11.3. The summed E-state index contributed by atoms with van der Waals surface area (Å²) in [5.41, 5.74) is 3.36. The van der Waals surface area contributed by atoms with E-state index in [9.17, 15) is 14.4 Å². The van der Waals surface area contributed by atoms with Gasteiger partial charge in [-0.1, -0.05) is 48.9 Å². The summed E-state index contributed by atoms with van der Waals surface area (Å²) in [7, 11) is 0. The monoisotopic (exact) mass is 564 g/mol. The van der Waals surface area contributed by atoms with Gasteiger partial charge in [-0.05, 0) is 75.5 Å². The van der Waals surface area contributed by atoms with E-state index in [4.69, 9.17) is 4.74 Å². The summed E-state index contributed by atoms with van der Waals surface area (Å²) < 4.78 is 7.36. The molecule has 2 fully saturated rings. The molecular formula is C34H36N4O4. The predicted octanol–water partition coefficient (Wildman–Crippen LogP) is 4.90. The molecule has 0 atom stereocenters. The average molecular weight is 565 g/mol. The van der Waals surface area contributed by atoms with Crippen molar-refractivity contribution in [1.82, 2.24) is 19.2 Å². The number of amides is 1. The number of piperidine rings is 2. The zero-order chi connectivity index (χ0) is 29.1. The van der Waals surface area contributed by atoms with Crippen LogP contribution < -0.4 is 10.3 Å². The van der Waals surface area contributed by atoms with Crippen molar-refractivity contribution in [3.05, 3.63) is 111 Å². The second kappa shape index (κ2) is 12.3. The molecular weight excluding hydrogens is 528 g/mol. The molecule has 2 aromatic heterocycles.